The van der Waals surface area contributed by atoms with Crippen LogP contribution < -0.4 is 4.72 Å². The molecule has 9 heteroatoms. The van der Waals surface area contributed by atoms with Crippen LogP contribution in [0.2, 0.25) is 5.02 Å². The molecule has 2 aromatic rings. The maximum absolute atomic E-state index is 12.0. The zero-order chi connectivity index (χ0) is 14.0. The summed E-state index contributed by atoms with van der Waals surface area (Å²) in [5.41, 5.74) is -0.266. The van der Waals surface area contributed by atoms with Crippen LogP contribution in [-0.4, -0.2) is 29.7 Å². The molecule has 1 heterocycles. The fourth-order valence-electron chi connectivity index (χ4n) is 1.33. The number of aromatic amines is 1. The number of aromatic carboxylic acids is 1. The molecule has 0 aliphatic heterocycles. The standard InChI is InChI=1S/C10H8ClN3O4S/c11-6-1-3-7(4-2-6)19(17,18)14-9-8(10(15)16)5-12-13-9/h1-5H,(H,15,16)(H2,12,13,14). The quantitative estimate of drug-likeness (QED) is 0.793. The van der Waals surface area contributed by atoms with Gasteiger partial charge in [0.15, 0.2) is 5.82 Å². The first-order valence-corrected chi connectivity index (χ1v) is 6.82. The lowest BCUT2D eigenvalue weighted by Gasteiger charge is -2.06. The van der Waals surface area contributed by atoms with Gasteiger partial charge >= 0.3 is 5.97 Å². The Morgan fingerprint density at radius 1 is 1.32 bits per heavy atom. The third kappa shape index (κ3) is 2.85. The van der Waals surface area contributed by atoms with Gasteiger partial charge in [-0.15, -0.1) is 0 Å². The van der Waals surface area contributed by atoms with Crippen molar-refractivity contribution < 1.29 is 18.3 Å². The Kier molecular flexibility index (Phi) is 3.45. The molecule has 0 bridgehead atoms. The van der Waals surface area contributed by atoms with Crippen molar-refractivity contribution in [3.63, 3.8) is 0 Å². The monoisotopic (exact) mass is 301 g/mol. The average Bonchev–Trinajstić information content (AvgIpc) is 2.77. The van der Waals surface area contributed by atoms with Crippen LogP contribution in [0.15, 0.2) is 35.4 Å². The fraction of sp³-hybridized carbons (Fsp3) is 0. The molecule has 100 valence electrons. The lowest BCUT2D eigenvalue weighted by molar-refractivity contribution is 0.0698. The molecule has 0 amide bonds. The van der Waals surface area contributed by atoms with Gasteiger partial charge in [-0.2, -0.15) is 5.10 Å². The van der Waals surface area contributed by atoms with Gasteiger partial charge in [-0.05, 0) is 24.3 Å². The van der Waals surface area contributed by atoms with E-state index < -0.39 is 16.0 Å². The maximum Gasteiger partial charge on any atom is 0.341 e. The molecule has 1 aromatic heterocycles. The molecule has 0 saturated carbocycles. The Morgan fingerprint density at radius 3 is 2.53 bits per heavy atom. The number of nitrogens with one attached hydrogen (secondary N) is 2. The molecular formula is C10H8ClN3O4S. The van der Waals surface area contributed by atoms with E-state index in [0.29, 0.717) is 5.02 Å². The number of halogens is 1. The lowest BCUT2D eigenvalue weighted by Crippen LogP contribution is -2.15. The SMILES string of the molecule is O=C(O)c1c[nH]nc1NS(=O)(=O)c1ccc(Cl)cc1. The van der Waals surface area contributed by atoms with E-state index in [1.807, 2.05) is 0 Å². The Labute approximate surface area is 113 Å². The number of carboxylic acid groups (broad SMARTS) is 1. The number of nitrogens with zero attached hydrogens (tertiary/aromatic N) is 1. The number of aromatic nitrogens is 2. The molecule has 0 fully saturated rings. The first kappa shape index (κ1) is 13.4. The Balaban J connectivity index is 2.34. The molecular weight excluding hydrogens is 294 g/mol. The van der Waals surface area contributed by atoms with Crippen molar-refractivity contribution >= 4 is 33.4 Å². The van der Waals surface area contributed by atoms with Crippen molar-refractivity contribution in [3.05, 3.63) is 41.0 Å². The van der Waals surface area contributed by atoms with Crippen molar-refractivity contribution in [3.8, 4) is 0 Å². The van der Waals surface area contributed by atoms with Gasteiger partial charge in [0.1, 0.15) is 5.56 Å². The van der Waals surface area contributed by atoms with Gasteiger partial charge in [0.2, 0.25) is 0 Å². The van der Waals surface area contributed by atoms with E-state index in [2.05, 4.69) is 14.9 Å². The Morgan fingerprint density at radius 2 is 1.95 bits per heavy atom. The number of hydrogen-bond donors (Lipinski definition) is 3. The molecule has 0 aliphatic carbocycles. The van der Waals surface area contributed by atoms with Gasteiger partial charge in [0, 0.05) is 11.2 Å². The molecule has 0 radical (unpaired) electrons. The van der Waals surface area contributed by atoms with E-state index in [9.17, 15) is 13.2 Å². The molecule has 2 rings (SSSR count). The highest BCUT2D eigenvalue weighted by Gasteiger charge is 2.20. The summed E-state index contributed by atoms with van der Waals surface area (Å²) in [6.07, 6.45) is 1.09. The summed E-state index contributed by atoms with van der Waals surface area (Å²) in [5.74, 6) is -1.56. The number of anilines is 1. The molecule has 0 unspecified atom stereocenters. The first-order chi connectivity index (χ1) is 8.90. The average molecular weight is 302 g/mol. The third-order valence-corrected chi connectivity index (χ3v) is 3.83. The summed E-state index contributed by atoms with van der Waals surface area (Å²) in [6.45, 7) is 0. The van der Waals surface area contributed by atoms with Crippen LogP contribution in [0.4, 0.5) is 5.82 Å². The lowest BCUT2D eigenvalue weighted by atomic mass is 10.3. The second-order valence-corrected chi connectivity index (χ2v) is 5.63. The largest absolute Gasteiger partial charge is 0.477 e. The molecule has 0 atom stereocenters. The summed E-state index contributed by atoms with van der Waals surface area (Å²) in [6, 6.07) is 5.44. The second kappa shape index (κ2) is 4.90. The van der Waals surface area contributed by atoms with E-state index in [0.717, 1.165) is 6.20 Å². The molecule has 0 aliphatic rings. The van der Waals surface area contributed by atoms with Gasteiger partial charge in [-0.25, -0.2) is 13.2 Å². The van der Waals surface area contributed by atoms with Crippen molar-refractivity contribution in [2.75, 3.05) is 4.72 Å². The Hall–Kier alpha value is -2.06. The minimum Gasteiger partial charge on any atom is -0.477 e. The van der Waals surface area contributed by atoms with E-state index in [1.54, 1.807) is 0 Å². The smallest absolute Gasteiger partial charge is 0.341 e. The molecule has 0 saturated heterocycles. The summed E-state index contributed by atoms with van der Waals surface area (Å²) >= 11 is 5.66. The molecule has 1 aromatic carbocycles. The van der Waals surface area contributed by atoms with Crippen LogP contribution in [0.5, 0.6) is 0 Å². The molecule has 7 nitrogen and oxygen atoms in total. The summed E-state index contributed by atoms with van der Waals surface area (Å²) < 4.78 is 26.1. The van der Waals surface area contributed by atoms with Crippen LogP contribution >= 0.6 is 11.6 Å². The van der Waals surface area contributed by atoms with Crippen LogP contribution in [-0.2, 0) is 10.0 Å². The number of rotatable bonds is 4. The van der Waals surface area contributed by atoms with Gasteiger partial charge < -0.3 is 5.11 Å². The van der Waals surface area contributed by atoms with Crippen LogP contribution in [0.25, 0.3) is 0 Å². The molecule has 3 N–H and O–H groups in total. The van der Waals surface area contributed by atoms with Crippen LogP contribution in [0.3, 0.4) is 0 Å². The third-order valence-electron chi connectivity index (χ3n) is 2.23. The van der Waals surface area contributed by atoms with Gasteiger partial charge in [0.05, 0.1) is 4.90 Å². The minimum atomic E-state index is -3.91. The van der Waals surface area contributed by atoms with Gasteiger partial charge in [-0.3, -0.25) is 9.82 Å². The topological polar surface area (TPSA) is 112 Å². The number of carboxylic acids is 1. The highest BCUT2D eigenvalue weighted by molar-refractivity contribution is 7.92. The number of sulfonamides is 1. The van der Waals surface area contributed by atoms with Crippen molar-refractivity contribution in [1.29, 1.82) is 0 Å². The number of H-pyrrole nitrogens is 1. The minimum absolute atomic E-state index is 0.0451. The van der Waals surface area contributed by atoms with Crippen molar-refractivity contribution in [2.24, 2.45) is 0 Å². The highest BCUT2D eigenvalue weighted by Crippen LogP contribution is 2.19. The predicted octanol–water partition coefficient (Wildman–Crippen LogP) is 1.56. The normalized spacial score (nSPS) is 11.2. The number of hydrogen-bond acceptors (Lipinski definition) is 4. The fourth-order valence-corrected chi connectivity index (χ4v) is 2.48. The van der Waals surface area contributed by atoms with Crippen LogP contribution in [0.1, 0.15) is 10.4 Å². The molecule has 19 heavy (non-hydrogen) atoms. The summed E-state index contributed by atoms with van der Waals surface area (Å²) in [7, 11) is -3.91. The predicted molar refractivity (Wildman–Crippen MR) is 67.8 cm³/mol. The summed E-state index contributed by atoms with van der Waals surface area (Å²) in [4.78, 5) is 10.8. The van der Waals surface area contributed by atoms with Crippen molar-refractivity contribution in [2.45, 2.75) is 4.90 Å². The molecule has 0 spiro atoms. The van der Waals surface area contributed by atoms with Crippen molar-refractivity contribution in [1.82, 2.24) is 10.2 Å². The van der Waals surface area contributed by atoms with E-state index in [-0.39, 0.29) is 16.3 Å². The number of benzene rings is 1. The van der Waals surface area contributed by atoms with E-state index in [4.69, 9.17) is 16.7 Å². The number of carbonyl (C=O) groups is 1. The summed E-state index contributed by atoms with van der Waals surface area (Å²) in [5, 5.41) is 15.1. The van der Waals surface area contributed by atoms with Crippen LogP contribution in [0, 0.1) is 0 Å². The van der Waals surface area contributed by atoms with E-state index in [1.165, 1.54) is 24.3 Å². The van der Waals surface area contributed by atoms with Gasteiger partial charge in [0.25, 0.3) is 10.0 Å². The maximum atomic E-state index is 12.0. The first-order valence-electron chi connectivity index (χ1n) is 4.95. The highest BCUT2D eigenvalue weighted by atomic mass is 35.5. The zero-order valence-electron chi connectivity index (χ0n) is 9.29. The zero-order valence-corrected chi connectivity index (χ0v) is 10.9. The van der Waals surface area contributed by atoms with E-state index >= 15 is 0 Å². The Bertz CT molecular complexity index is 709. The second-order valence-electron chi connectivity index (χ2n) is 3.51. The van der Waals surface area contributed by atoms with Gasteiger partial charge in [-0.1, -0.05) is 11.6 Å².